The van der Waals surface area contributed by atoms with Gasteiger partial charge in [0.1, 0.15) is 0 Å². The van der Waals surface area contributed by atoms with Gasteiger partial charge in [-0.25, -0.2) is 4.79 Å². The lowest BCUT2D eigenvalue weighted by Crippen LogP contribution is -2.03. The maximum absolute atomic E-state index is 11.6. The number of rotatable bonds is 2. The van der Waals surface area contributed by atoms with Gasteiger partial charge >= 0.3 is 5.97 Å². The van der Waals surface area contributed by atoms with Gasteiger partial charge in [-0.2, -0.15) is 0 Å². The van der Waals surface area contributed by atoms with Crippen molar-refractivity contribution in [3.63, 3.8) is 0 Å². The Labute approximate surface area is 88.1 Å². The highest BCUT2D eigenvalue weighted by atomic mass is 16.5. The van der Waals surface area contributed by atoms with E-state index in [1.54, 1.807) is 13.1 Å². The molecule has 0 fully saturated rings. The summed E-state index contributed by atoms with van der Waals surface area (Å²) in [4.78, 5) is 14.7. The molecule has 0 aliphatic heterocycles. The lowest BCUT2D eigenvalue weighted by atomic mass is 10.1. The van der Waals surface area contributed by atoms with Crippen molar-refractivity contribution in [2.75, 3.05) is 6.61 Å². The fourth-order valence-corrected chi connectivity index (χ4v) is 1.68. The lowest BCUT2D eigenvalue weighted by Gasteiger charge is -2.00. The summed E-state index contributed by atoms with van der Waals surface area (Å²) < 4.78 is 4.98. The zero-order valence-electron chi connectivity index (χ0n) is 8.83. The van der Waals surface area contributed by atoms with Crippen LogP contribution in [-0.4, -0.2) is 17.6 Å². The monoisotopic (exact) mass is 203 g/mol. The van der Waals surface area contributed by atoms with E-state index < -0.39 is 0 Å². The molecule has 0 bridgehead atoms. The first-order valence-electron chi connectivity index (χ1n) is 4.98. The molecule has 1 N–H and O–H groups in total. The number of ether oxygens (including phenoxy) is 1. The number of carbonyl (C=O) groups excluding carboxylic acids is 1. The Balaban J connectivity index is 2.54. The van der Waals surface area contributed by atoms with Crippen LogP contribution >= 0.6 is 0 Å². The summed E-state index contributed by atoms with van der Waals surface area (Å²) in [5, 5.41) is 0.924. The summed E-state index contributed by atoms with van der Waals surface area (Å²) in [6, 6.07) is 5.87. The fraction of sp³-hybridized carbons (Fsp3) is 0.250. The molecule has 0 radical (unpaired) electrons. The predicted octanol–water partition coefficient (Wildman–Crippen LogP) is 2.65. The summed E-state index contributed by atoms with van der Waals surface area (Å²) in [7, 11) is 0. The molecule has 0 saturated heterocycles. The van der Waals surface area contributed by atoms with E-state index in [1.165, 1.54) is 0 Å². The molecule has 15 heavy (non-hydrogen) atoms. The van der Waals surface area contributed by atoms with Crippen molar-refractivity contribution in [2.45, 2.75) is 13.8 Å². The predicted molar refractivity (Wildman–Crippen MR) is 59.0 cm³/mol. The number of para-hydroxylation sites is 1. The number of carbonyl (C=O) groups is 1. The second kappa shape index (κ2) is 3.77. The van der Waals surface area contributed by atoms with Crippen LogP contribution in [0.15, 0.2) is 24.4 Å². The van der Waals surface area contributed by atoms with E-state index in [9.17, 15) is 4.79 Å². The molecule has 2 rings (SSSR count). The zero-order valence-corrected chi connectivity index (χ0v) is 8.83. The summed E-state index contributed by atoms with van der Waals surface area (Å²) in [5.41, 5.74) is 2.74. The standard InChI is InChI=1S/C12H13NO2/c1-3-15-12(14)10-7-13-11-8(2)5-4-6-9(10)11/h4-7,13H,3H2,1-2H3. The van der Waals surface area contributed by atoms with Crippen molar-refractivity contribution in [3.8, 4) is 0 Å². The van der Waals surface area contributed by atoms with E-state index in [2.05, 4.69) is 4.98 Å². The highest BCUT2D eigenvalue weighted by Crippen LogP contribution is 2.21. The van der Waals surface area contributed by atoms with Crippen LogP contribution in [0, 0.1) is 6.92 Å². The molecular formula is C12H13NO2. The second-order valence-electron chi connectivity index (χ2n) is 3.42. The van der Waals surface area contributed by atoms with Gasteiger partial charge in [-0.1, -0.05) is 18.2 Å². The number of esters is 1. The minimum Gasteiger partial charge on any atom is -0.462 e. The summed E-state index contributed by atoms with van der Waals surface area (Å²) in [5.74, 6) is -0.269. The molecule has 1 aromatic heterocycles. The number of H-pyrrole nitrogens is 1. The Bertz CT molecular complexity index is 499. The molecule has 1 aromatic carbocycles. The summed E-state index contributed by atoms with van der Waals surface area (Å²) in [6.07, 6.45) is 1.70. The van der Waals surface area contributed by atoms with Gasteiger partial charge in [0.15, 0.2) is 0 Å². The van der Waals surface area contributed by atoms with Crippen LogP contribution < -0.4 is 0 Å². The number of hydrogen-bond acceptors (Lipinski definition) is 2. The average Bonchev–Trinajstić information content (AvgIpc) is 2.63. The molecule has 0 spiro atoms. The number of nitrogens with one attached hydrogen (secondary N) is 1. The van der Waals surface area contributed by atoms with E-state index in [0.29, 0.717) is 12.2 Å². The molecule has 0 aliphatic rings. The van der Waals surface area contributed by atoms with Gasteiger partial charge in [0.25, 0.3) is 0 Å². The highest BCUT2D eigenvalue weighted by molar-refractivity contribution is 6.04. The van der Waals surface area contributed by atoms with Crippen molar-refractivity contribution in [1.29, 1.82) is 0 Å². The molecule has 3 heteroatoms. The minimum absolute atomic E-state index is 0.269. The third kappa shape index (κ3) is 1.61. The number of fused-ring (bicyclic) bond motifs is 1. The SMILES string of the molecule is CCOC(=O)c1c[nH]c2c(C)cccc12. The maximum Gasteiger partial charge on any atom is 0.340 e. The largest absolute Gasteiger partial charge is 0.462 e. The Morgan fingerprint density at radius 1 is 1.47 bits per heavy atom. The first-order chi connectivity index (χ1) is 7.24. The quantitative estimate of drug-likeness (QED) is 0.762. The average molecular weight is 203 g/mol. The first kappa shape index (κ1) is 9.77. The molecule has 0 aliphatic carbocycles. The van der Waals surface area contributed by atoms with Gasteiger partial charge in [-0.05, 0) is 19.4 Å². The Morgan fingerprint density at radius 3 is 3.00 bits per heavy atom. The minimum atomic E-state index is -0.269. The number of aromatic amines is 1. The Morgan fingerprint density at radius 2 is 2.27 bits per heavy atom. The van der Waals surface area contributed by atoms with Crippen molar-refractivity contribution >= 4 is 16.9 Å². The zero-order chi connectivity index (χ0) is 10.8. The molecule has 78 valence electrons. The van der Waals surface area contributed by atoms with Crippen LogP contribution in [-0.2, 0) is 4.74 Å². The van der Waals surface area contributed by atoms with E-state index in [4.69, 9.17) is 4.74 Å². The van der Waals surface area contributed by atoms with Crippen molar-refractivity contribution < 1.29 is 9.53 Å². The first-order valence-corrected chi connectivity index (χ1v) is 4.98. The van der Waals surface area contributed by atoms with Gasteiger partial charge in [0, 0.05) is 17.1 Å². The molecule has 3 nitrogen and oxygen atoms in total. The molecular weight excluding hydrogens is 190 g/mol. The third-order valence-electron chi connectivity index (χ3n) is 2.42. The van der Waals surface area contributed by atoms with Crippen LogP contribution in [0.5, 0.6) is 0 Å². The number of aromatic nitrogens is 1. The van der Waals surface area contributed by atoms with Crippen LogP contribution in [0.3, 0.4) is 0 Å². The van der Waals surface area contributed by atoms with Crippen molar-refractivity contribution in [2.24, 2.45) is 0 Å². The number of benzene rings is 1. The molecule has 0 unspecified atom stereocenters. The molecule has 1 heterocycles. The van der Waals surface area contributed by atoms with Gasteiger partial charge in [-0.15, -0.1) is 0 Å². The third-order valence-corrected chi connectivity index (χ3v) is 2.42. The Kier molecular flexibility index (Phi) is 2.46. The van der Waals surface area contributed by atoms with Gasteiger partial charge in [-0.3, -0.25) is 0 Å². The topological polar surface area (TPSA) is 42.1 Å². The van der Waals surface area contributed by atoms with Crippen LogP contribution in [0.2, 0.25) is 0 Å². The normalized spacial score (nSPS) is 10.5. The Hall–Kier alpha value is -1.77. The van der Waals surface area contributed by atoms with E-state index >= 15 is 0 Å². The van der Waals surface area contributed by atoms with E-state index in [1.807, 2.05) is 25.1 Å². The van der Waals surface area contributed by atoms with Crippen molar-refractivity contribution in [1.82, 2.24) is 4.98 Å². The molecule has 2 aromatic rings. The van der Waals surface area contributed by atoms with E-state index in [-0.39, 0.29) is 5.97 Å². The highest BCUT2D eigenvalue weighted by Gasteiger charge is 2.12. The van der Waals surface area contributed by atoms with Crippen molar-refractivity contribution in [3.05, 3.63) is 35.5 Å². The summed E-state index contributed by atoms with van der Waals surface area (Å²) in [6.45, 7) is 4.21. The summed E-state index contributed by atoms with van der Waals surface area (Å²) >= 11 is 0. The molecule has 0 atom stereocenters. The number of hydrogen-bond donors (Lipinski definition) is 1. The smallest absolute Gasteiger partial charge is 0.340 e. The van der Waals surface area contributed by atoms with Crippen LogP contribution in [0.1, 0.15) is 22.8 Å². The van der Waals surface area contributed by atoms with Gasteiger partial charge < -0.3 is 9.72 Å². The van der Waals surface area contributed by atoms with E-state index in [0.717, 1.165) is 16.5 Å². The molecule has 0 saturated carbocycles. The van der Waals surface area contributed by atoms with Crippen LogP contribution in [0.4, 0.5) is 0 Å². The van der Waals surface area contributed by atoms with Gasteiger partial charge in [0.05, 0.1) is 12.2 Å². The number of aryl methyl sites for hydroxylation is 1. The maximum atomic E-state index is 11.6. The lowest BCUT2D eigenvalue weighted by molar-refractivity contribution is 0.0529. The van der Waals surface area contributed by atoms with Crippen LogP contribution in [0.25, 0.3) is 10.9 Å². The molecule has 0 amide bonds. The van der Waals surface area contributed by atoms with Gasteiger partial charge in [0.2, 0.25) is 0 Å². The second-order valence-corrected chi connectivity index (χ2v) is 3.42. The fourth-order valence-electron chi connectivity index (χ4n) is 1.68.